The second-order valence-corrected chi connectivity index (χ2v) is 3.56. The summed E-state index contributed by atoms with van der Waals surface area (Å²) in [4.78, 5) is 0. The van der Waals surface area contributed by atoms with Gasteiger partial charge in [-0.25, -0.2) is 4.39 Å². The summed E-state index contributed by atoms with van der Waals surface area (Å²) in [5, 5.41) is 0.377. The molecular formula is C8H6F2O2S. The van der Waals surface area contributed by atoms with Crippen LogP contribution in [0.5, 0.6) is 0 Å². The van der Waals surface area contributed by atoms with Gasteiger partial charge in [0.2, 0.25) is 0 Å². The first-order valence-corrected chi connectivity index (χ1v) is 4.80. The van der Waals surface area contributed by atoms with Gasteiger partial charge in [0.25, 0.3) is 0 Å². The van der Waals surface area contributed by atoms with Gasteiger partial charge in [0.1, 0.15) is 5.82 Å². The minimum absolute atomic E-state index is 0.293. The summed E-state index contributed by atoms with van der Waals surface area (Å²) >= 11 is 0. The minimum Gasteiger partial charge on any atom is -0.207 e. The largest absolute Gasteiger partial charge is 0.325 e. The molecular weight excluding hydrogens is 198 g/mol. The van der Waals surface area contributed by atoms with Crippen LogP contribution in [0.4, 0.5) is 8.28 Å². The summed E-state index contributed by atoms with van der Waals surface area (Å²) < 4.78 is 44.6. The van der Waals surface area contributed by atoms with Gasteiger partial charge in [-0.05, 0) is 23.8 Å². The van der Waals surface area contributed by atoms with Gasteiger partial charge in [-0.2, -0.15) is 8.42 Å². The SMILES string of the molecule is O=S(=O)(F)/C=C/c1cccc(F)c1. The molecule has 0 saturated heterocycles. The van der Waals surface area contributed by atoms with Crippen LogP contribution in [0.15, 0.2) is 29.7 Å². The highest BCUT2D eigenvalue weighted by atomic mass is 32.3. The van der Waals surface area contributed by atoms with Crippen molar-refractivity contribution in [3.63, 3.8) is 0 Å². The summed E-state index contributed by atoms with van der Waals surface area (Å²) in [6.45, 7) is 0. The van der Waals surface area contributed by atoms with Gasteiger partial charge in [-0.15, -0.1) is 3.89 Å². The molecule has 0 N–H and O–H groups in total. The molecule has 1 aromatic carbocycles. The van der Waals surface area contributed by atoms with Gasteiger partial charge < -0.3 is 0 Å². The predicted octanol–water partition coefficient (Wildman–Crippen LogP) is 2.10. The van der Waals surface area contributed by atoms with E-state index in [9.17, 15) is 16.7 Å². The highest BCUT2D eigenvalue weighted by molar-refractivity contribution is 7.89. The van der Waals surface area contributed by atoms with Crippen LogP contribution in [-0.2, 0) is 10.2 Å². The van der Waals surface area contributed by atoms with Crippen LogP contribution in [0.3, 0.4) is 0 Å². The third-order valence-electron chi connectivity index (χ3n) is 1.27. The first-order chi connectivity index (χ1) is 5.97. The smallest absolute Gasteiger partial charge is 0.207 e. The fraction of sp³-hybridized carbons (Fsp3) is 0. The first kappa shape index (κ1) is 9.85. The molecule has 1 rings (SSSR count). The van der Waals surface area contributed by atoms with Crippen molar-refractivity contribution < 1.29 is 16.7 Å². The van der Waals surface area contributed by atoms with E-state index in [1.807, 2.05) is 0 Å². The van der Waals surface area contributed by atoms with E-state index in [4.69, 9.17) is 0 Å². The molecule has 0 bridgehead atoms. The molecule has 0 saturated carbocycles. The van der Waals surface area contributed by atoms with E-state index in [1.54, 1.807) is 0 Å². The van der Waals surface area contributed by atoms with Crippen LogP contribution >= 0.6 is 0 Å². The fourth-order valence-electron chi connectivity index (χ4n) is 0.770. The van der Waals surface area contributed by atoms with E-state index in [0.717, 1.165) is 12.1 Å². The maximum Gasteiger partial charge on any atom is 0.325 e. The second-order valence-electron chi connectivity index (χ2n) is 2.33. The van der Waals surface area contributed by atoms with Crippen LogP contribution in [0.1, 0.15) is 5.56 Å². The molecule has 0 atom stereocenters. The van der Waals surface area contributed by atoms with E-state index in [-0.39, 0.29) is 0 Å². The average molecular weight is 204 g/mol. The molecule has 0 amide bonds. The van der Waals surface area contributed by atoms with Crippen LogP contribution in [0.25, 0.3) is 6.08 Å². The maximum atomic E-state index is 12.5. The molecule has 5 heteroatoms. The van der Waals surface area contributed by atoms with E-state index in [1.165, 1.54) is 18.2 Å². The first-order valence-electron chi connectivity index (χ1n) is 3.36. The van der Waals surface area contributed by atoms with E-state index >= 15 is 0 Å². The Morgan fingerprint density at radius 2 is 2.00 bits per heavy atom. The molecule has 0 heterocycles. The van der Waals surface area contributed by atoms with Crippen molar-refractivity contribution in [3.05, 3.63) is 41.1 Å². The highest BCUT2D eigenvalue weighted by Gasteiger charge is 1.98. The maximum absolute atomic E-state index is 12.5. The van der Waals surface area contributed by atoms with Crippen molar-refractivity contribution >= 4 is 16.3 Å². The van der Waals surface area contributed by atoms with Gasteiger partial charge in [-0.1, -0.05) is 12.1 Å². The van der Waals surface area contributed by atoms with Gasteiger partial charge in [0, 0.05) is 0 Å². The van der Waals surface area contributed by atoms with Gasteiger partial charge >= 0.3 is 10.2 Å². The molecule has 0 unspecified atom stereocenters. The zero-order valence-electron chi connectivity index (χ0n) is 6.44. The Kier molecular flexibility index (Phi) is 2.77. The fourth-order valence-corrected chi connectivity index (χ4v) is 1.09. The normalized spacial score (nSPS) is 12.2. The number of halogens is 2. The number of rotatable bonds is 2. The lowest BCUT2D eigenvalue weighted by Gasteiger charge is -1.91. The van der Waals surface area contributed by atoms with E-state index in [0.29, 0.717) is 11.0 Å². The third kappa shape index (κ3) is 3.80. The Bertz CT molecular complexity index is 424. The number of hydrogen-bond donors (Lipinski definition) is 0. The lowest BCUT2D eigenvalue weighted by Crippen LogP contribution is -1.81. The molecule has 0 aliphatic rings. The van der Waals surface area contributed by atoms with Gasteiger partial charge in [-0.3, -0.25) is 0 Å². The van der Waals surface area contributed by atoms with E-state index in [2.05, 4.69) is 0 Å². The lowest BCUT2D eigenvalue weighted by atomic mass is 10.2. The number of hydrogen-bond acceptors (Lipinski definition) is 2. The van der Waals surface area contributed by atoms with Crippen molar-refractivity contribution in [2.24, 2.45) is 0 Å². The predicted molar refractivity (Wildman–Crippen MR) is 45.5 cm³/mol. The molecule has 0 spiro atoms. The Balaban J connectivity index is 2.93. The summed E-state index contributed by atoms with van der Waals surface area (Å²) in [6, 6.07) is 5.17. The Morgan fingerprint density at radius 1 is 1.31 bits per heavy atom. The van der Waals surface area contributed by atoms with Crippen LogP contribution < -0.4 is 0 Å². The summed E-state index contributed by atoms with van der Waals surface area (Å²) in [7, 11) is -4.64. The average Bonchev–Trinajstić information content (AvgIpc) is 2.00. The standard InChI is InChI=1S/C8H6F2O2S/c9-8-3-1-2-7(6-8)4-5-13(10,11)12/h1-6H/b5-4+. The lowest BCUT2D eigenvalue weighted by molar-refractivity contribution is 0.563. The topological polar surface area (TPSA) is 34.1 Å². The molecule has 70 valence electrons. The third-order valence-corrected chi connectivity index (χ3v) is 1.73. The van der Waals surface area contributed by atoms with E-state index < -0.39 is 16.0 Å². The summed E-state index contributed by atoms with van der Waals surface area (Å²) in [6.07, 6.45) is 0.985. The summed E-state index contributed by atoms with van der Waals surface area (Å²) in [5.74, 6) is -0.501. The van der Waals surface area contributed by atoms with Gasteiger partial charge in [0.05, 0.1) is 5.41 Å². The Labute approximate surface area is 74.7 Å². The zero-order valence-corrected chi connectivity index (χ0v) is 7.26. The molecule has 0 radical (unpaired) electrons. The van der Waals surface area contributed by atoms with Crippen molar-refractivity contribution in [1.29, 1.82) is 0 Å². The summed E-state index contributed by atoms with van der Waals surface area (Å²) in [5.41, 5.74) is 0.293. The minimum atomic E-state index is -4.64. The second kappa shape index (κ2) is 3.66. The van der Waals surface area contributed by atoms with Crippen molar-refractivity contribution in [3.8, 4) is 0 Å². The van der Waals surface area contributed by atoms with Crippen LogP contribution in [-0.4, -0.2) is 8.42 Å². The molecule has 0 fully saturated rings. The number of benzene rings is 1. The van der Waals surface area contributed by atoms with Crippen LogP contribution in [0, 0.1) is 5.82 Å². The molecule has 2 nitrogen and oxygen atoms in total. The van der Waals surface area contributed by atoms with Crippen molar-refractivity contribution in [2.75, 3.05) is 0 Å². The highest BCUT2D eigenvalue weighted by Crippen LogP contribution is 2.07. The quantitative estimate of drug-likeness (QED) is 0.691. The van der Waals surface area contributed by atoms with Crippen molar-refractivity contribution in [1.82, 2.24) is 0 Å². The van der Waals surface area contributed by atoms with Crippen molar-refractivity contribution in [2.45, 2.75) is 0 Å². The molecule has 13 heavy (non-hydrogen) atoms. The monoisotopic (exact) mass is 204 g/mol. The Hall–Kier alpha value is -1.23. The molecule has 1 aromatic rings. The Morgan fingerprint density at radius 3 is 2.54 bits per heavy atom. The van der Waals surface area contributed by atoms with Crippen LogP contribution in [0.2, 0.25) is 0 Å². The zero-order chi connectivity index (χ0) is 9.90. The molecule has 0 aromatic heterocycles. The molecule has 0 aliphatic heterocycles. The van der Waals surface area contributed by atoms with Gasteiger partial charge in [0.15, 0.2) is 0 Å². The molecule has 0 aliphatic carbocycles.